The predicted molar refractivity (Wildman–Crippen MR) is 54.5 cm³/mol. The maximum absolute atomic E-state index is 4.38. The first-order valence-electron chi connectivity index (χ1n) is 4.89. The lowest BCUT2D eigenvalue weighted by Crippen LogP contribution is -2.25. The Labute approximate surface area is 80.2 Å². The van der Waals surface area contributed by atoms with Crippen LogP contribution in [0.5, 0.6) is 0 Å². The Morgan fingerprint density at radius 2 is 2.23 bits per heavy atom. The standard InChI is InChI=1S/C10H19N3/c1-5-13-7-6-12-10(13)9(11-4)8(2)3/h6-9,11H,5H2,1-4H3. The number of hydrogen-bond acceptors (Lipinski definition) is 2. The van der Waals surface area contributed by atoms with Crippen molar-refractivity contribution in [2.75, 3.05) is 7.05 Å². The fourth-order valence-electron chi connectivity index (χ4n) is 1.63. The van der Waals surface area contributed by atoms with Gasteiger partial charge in [-0.15, -0.1) is 0 Å². The summed E-state index contributed by atoms with van der Waals surface area (Å²) in [7, 11) is 1.99. The molecule has 0 saturated heterocycles. The fourth-order valence-corrected chi connectivity index (χ4v) is 1.63. The number of hydrogen-bond donors (Lipinski definition) is 1. The number of nitrogens with zero attached hydrogens (tertiary/aromatic N) is 2. The van der Waals surface area contributed by atoms with Crippen LogP contribution in [0.2, 0.25) is 0 Å². The predicted octanol–water partition coefficient (Wildman–Crippen LogP) is 1.82. The molecule has 0 fully saturated rings. The molecule has 0 aliphatic rings. The number of imidazole rings is 1. The van der Waals surface area contributed by atoms with Crippen molar-refractivity contribution in [1.82, 2.24) is 14.9 Å². The zero-order valence-corrected chi connectivity index (χ0v) is 8.91. The molecule has 0 spiro atoms. The first kappa shape index (κ1) is 10.3. The van der Waals surface area contributed by atoms with Crippen molar-refractivity contribution in [2.24, 2.45) is 5.92 Å². The van der Waals surface area contributed by atoms with Crippen LogP contribution in [0.4, 0.5) is 0 Å². The van der Waals surface area contributed by atoms with Gasteiger partial charge in [-0.2, -0.15) is 0 Å². The zero-order chi connectivity index (χ0) is 9.84. The molecule has 1 rings (SSSR count). The van der Waals surface area contributed by atoms with E-state index in [2.05, 4.69) is 35.6 Å². The van der Waals surface area contributed by atoms with Gasteiger partial charge in [0.2, 0.25) is 0 Å². The Morgan fingerprint density at radius 1 is 1.54 bits per heavy atom. The molecule has 0 aromatic carbocycles. The van der Waals surface area contributed by atoms with Crippen LogP contribution in [-0.2, 0) is 6.54 Å². The van der Waals surface area contributed by atoms with Crippen LogP contribution in [0.3, 0.4) is 0 Å². The molecule has 0 aliphatic heterocycles. The average molecular weight is 181 g/mol. The van der Waals surface area contributed by atoms with Gasteiger partial charge in [0.05, 0.1) is 6.04 Å². The highest BCUT2D eigenvalue weighted by Crippen LogP contribution is 2.19. The molecule has 0 radical (unpaired) electrons. The van der Waals surface area contributed by atoms with Gasteiger partial charge in [0.15, 0.2) is 0 Å². The molecule has 1 aromatic rings. The van der Waals surface area contributed by atoms with Gasteiger partial charge in [-0.25, -0.2) is 4.98 Å². The molecule has 1 atom stereocenters. The van der Waals surface area contributed by atoms with E-state index in [0.29, 0.717) is 12.0 Å². The van der Waals surface area contributed by atoms with Crippen molar-refractivity contribution in [2.45, 2.75) is 33.4 Å². The normalized spacial score (nSPS) is 13.6. The van der Waals surface area contributed by atoms with E-state index in [0.717, 1.165) is 12.4 Å². The Morgan fingerprint density at radius 3 is 2.69 bits per heavy atom. The lowest BCUT2D eigenvalue weighted by atomic mass is 10.0. The molecule has 13 heavy (non-hydrogen) atoms. The van der Waals surface area contributed by atoms with E-state index in [-0.39, 0.29) is 0 Å². The van der Waals surface area contributed by atoms with Crippen molar-refractivity contribution in [1.29, 1.82) is 0 Å². The van der Waals surface area contributed by atoms with Crippen molar-refractivity contribution in [3.05, 3.63) is 18.2 Å². The van der Waals surface area contributed by atoms with Gasteiger partial charge in [0.25, 0.3) is 0 Å². The number of rotatable bonds is 4. The maximum Gasteiger partial charge on any atom is 0.126 e. The Bertz CT molecular complexity index is 252. The summed E-state index contributed by atoms with van der Waals surface area (Å²) in [6.07, 6.45) is 3.90. The highest BCUT2D eigenvalue weighted by molar-refractivity contribution is 5.00. The van der Waals surface area contributed by atoms with E-state index in [1.54, 1.807) is 0 Å². The molecular weight excluding hydrogens is 162 g/mol. The van der Waals surface area contributed by atoms with Crippen LogP contribution < -0.4 is 5.32 Å². The summed E-state index contributed by atoms with van der Waals surface area (Å²) < 4.78 is 2.18. The third-order valence-electron chi connectivity index (χ3n) is 2.34. The van der Waals surface area contributed by atoms with Crippen LogP contribution in [0.1, 0.15) is 32.6 Å². The van der Waals surface area contributed by atoms with Crippen LogP contribution in [0.25, 0.3) is 0 Å². The van der Waals surface area contributed by atoms with Gasteiger partial charge in [-0.05, 0) is 19.9 Å². The molecule has 0 bridgehead atoms. The Kier molecular flexibility index (Phi) is 3.48. The molecule has 0 amide bonds. The molecule has 3 heteroatoms. The zero-order valence-electron chi connectivity index (χ0n) is 8.91. The van der Waals surface area contributed by atoms with Gasteiger partial charge < -0.3 is 9.88 Å². The molecule has 1 unspecified atom stereocenters. The first-order valence-corrected chi connectivity index (χ1v) is 4.89. The smallest absolute Gasteiger partial charge is 0.126 e. The summed E-state index contributed by atoms with van der Waals surface area (Å²) >= 11 is 0. The third-order valence-corrected chi connectivity index (χ3v) is 2.34. The van der Waals surface area contributed by atoms with Gasteiger partial charge in [-0.1, -0.05) is 13.8 Å². The summed E-state index contributed by atoms with van der Waals surface area (Å²) in [6, 6.07) is 0.356. The highest BCUT2D eigenvalue weighted by Gasteiger charge is 2.17. The summed E-state index contributed by atoms with van der Waals surface area (Å²) in [6.45, 7) is 7.53. The summed E-state index contributed by atoms with van der Waals surface area (Å²) in [5, 5.41) is 3.30. The number of aryl methyl sites for hydroxylation is 1. The van der Waals surface area contributed by atoms with Crippen molar-refractivity contribution >= 4 is 0 Å². The topological polar surface area (TPSA) is 29.9 Å². The lowest BCUT2D eigenvalue weighted by Gasteiger charge is -2.20. The number of aromatic nitrogens is 2. The lowest BCUT2D eigenvalue weighted by molar-refractivity contribution is 0.408. The number of nitrogens with one attached hydrogen (secondary N) is 1. The van der Waals surface area contributed by atoms with E-state index in [9.17, 15) is 0 Å². The molecule has 0 saturated carbocycles. The second-order valence-corrected chi connectivity index (χ2v) is 3.58. The van der Waals surface area contributed by atoms with Crippen LogP contribution in [0.15, 0.2) is 12.4 Å². The van der Waals surface area contributed by atoms with E-state index in [1.165, 1.54) is 0 Å². The van der Waals surface area contributed by atoms with Crippen molar-refractivity contribution < 1.29 is 0 Å². The minimum atomic E-state index is 0.356. The second-order valence-electron chi connectivity index (χ2n) is 3.58. The maximum atomic E-state index is 4.38. The molecule has 3 nitrogen and oxygen atoms in total. The molecule has 0 aliphatic carbocycles. The van der Waals surface area contributed by atoms with E-state index in [4.69, 9.17) is 0 Å². The Hall–Kier alpha value is -0.830. The van der Waals surface area contributed by atoms with Gasteiger partial charge in [-0.3, -0.25) is 0 Å². The summed E-state index contributed by atoms with van der Waals surface area (Å²) in [5.74, 6) is 1.71. The molecule has 1 heterocycles. The third kappa shape index (κ3) is 2.10. The highest BCUT2D eigenvalue weighted by atomic mass is 15.1. The van der Waals surface area contributed by atoms with E-state index < -0.39 is 0 Å². The molecule has 74 valence electrons. The molecule has 1 N–H and O–H groups in total. The fraction of sp³-hybridized carbons (Fsp3) is 0.700. The quantitative estimate of drug-likeness (QED) is 0.768. The van der Waals surface area contributed by atoms with Crippen molar-refractivity contribution in [3.63, 3.8) is 0 Å². The van der Waals surface area contributed by atoms with Gasteiger partial charge in [0, 0.05) is 18.9 Å². The average Bonchev–Trinajstić information content (AvgIpc) is 2.53. The van der Waals surface area contributed by atoms with Gasteiger partial charge in [0.1, 0.15) is 5.82 Å². The van der Waals surface area contributed by atoms with Crippen molar-refractivity contribution in [3.8, 4) is 0 Å². The van der Waals surface area contributed by atoms with Crippen LogP contribution in [0, 0.1) is 5.92 Å². The van der Waals surface area contributed by atoms with E-state index >= 15 is 0 Å². The first-order chi connectivity index (χ1) is 6.20. The molecular formula is C10H19N3. The minimum absolute atomic E-state index is 0.356. The second kappa shape index (κ2) is 4.42. The summed E-state index contributed by atoms with van der Waals surface area (Å²) in [4.78, 5) is 4.38. The van der Waals surface area contributed by atoms with Crippen LogP contribution >= 0.6 is 0 Å². The molecule has 1 aromatic heterocycles. The van der Waals surface area contributed by atoms with Gasteiger partial charge >= 0.3 is 0 Å². The SMILES string of the molecule is CCn1ccnc1C(NC)C(C)C. The summed E-state index contributed by atoms with van der Waals surface area (Å²) in [5.41, 5.74) is 0. The van der Waals surface area contributed by atoms with Crippen LogP contribution in [-0.4, -0.2) is 16.6 Å². The largest absolute Gasteiger partial charge is 0.334 e. The minimum Gasteiger partial charge on any atom is -0.334 e. The van der Waals surface area contributed by atoms with E-state index in [1.807, 2.05) is 19.4 Å². The monoisotopic (exact) mass is 181 g/mol. The Balaban J connectivity index is 2.90.